The van der Waals surface area contributed by atoms with Crippen LogP contribution in [0.3, 0.4) is 0 Å². The van der Waals surface area contributed by atoms with Gasteiger partial charge >= 0.3 is 5.97 Å². The molecular weight excluding hydrogens is 248 g/mol. The summed E-state index contributed by atoms with van der Waals surface area (Å²) in [4.78, 5) is 25.3. The van der Waals surface area contributed by atoms with Crippen LogP contribution in [0.2, 0.25) is 0 Å². The lowest BCUT2D eigenvalue weighted by molar-refractivity contribution is -0.141. The van der Waals surface area contributed by atoms with Gasteiger partial charge in [-0.25, -0.2) is 4.79 Å². The largest absolute Gasteiger partial charge is 0.480 e. The zero-order valence-corrected chi connectivity index (χ0v) is 10.5. The summed E-state index contributed by atoms with van der Waals surface area (Å²) in [5.74, 6) is -0.938. The van der Waals surface area contributed by atoms with Crippen molar-refractivity contribution in [3.05, 3.63) is 18.0 Å². The van der Waals surface area contributed by atoms with Crippen molar-refractivity contribution in [2.24, 2.45) is 5.92 Å². The van der Waals surface area contributed by atoms with Crippen molar-refractivity contribution in [3.63, 3.8) is 0 Å². The third-order valence-electron chi connectivity index (χ3n) is 4.26. The Balaban J connectivity index is 1.90. The molecule has 0 spiro atoms. The Morgan fingerprint density at radius 1 is 1.37 bits per heavy atom. The van der Waals surface area contributed by atoms with E-state index in [1.54, 1.807) is 0 Å². The van der Waals surface area contributed by atoms with E-state index >= 15 is 0 Å². The number of fused-ring (bicyclic) bond motifs is 1. The van der Waals surface area contributed by atoms with Gasteiger partial charge in [0.05, 0.1) is 0 Å². The van der Waals surface area contributed by atoms with Gasteiger partial charge in [-0.2, -0.15) is 0 Å². The third kappa shape index (κ3) is 2.01. The van der Waals surface area contributed by atoms with Crippen molar-refractivity contribution < 1.29 is 19.2 Å². The van der Waals surface area contributed by atoms with Gasteiger partial charge in [0.15, 0.2) is 5.69 Å². The van der Waals surface area contributed by atoms with Crippen molar-refractivity contribution in [2.45, 2.75) is 44.2 Å². The van der Waals surface area contributed by atoms with E-state index in [1.165, 1.54) is 17.2 Å². The fourth-order valence-corrected chi connectivity index (χ4v) is 3.43. The molecule has 1 amide bonds. The highest BCUT2D eigenvalue weighted by Crippen LogP contribution is 2.40. The molecule has 19 heavy (non-hydrogen) atoms. The average molecular weight is 264 g/mol. The van der Waals surface area contributed by atoms with Crippen LogP contribution in [0.15, 0.2) is 16.9 Å². The molecule has 6 heteroatoms. The Labute approximate surface area is 110 Å². The molecule has 0 aromatic carbocycles. The van der Waals surface area contributed by atoms with Crippen molar-refractivity contribution in [2.75, 3.05) is 0 Å². The van der Waals surface area contributed by atoms with Gasteiger partial charge in [-0.15, -0.1) is 0 Å². The van der Waals surface area contributed by atoms with Crippen LogP contribution in [0.1, 0.15) is 42.6 Å². The Morgan fingerprint density at radius 2 is 2.16 bits per heavy atom. The Hall–Kier alpha value is -1.85. The van der Waals surface area contributed by atoms with E-state index in [-0.39, 0.29) is 17.6 Å². The van der Waals surface area contributed by atoms with E-state index in [1.807, 2.05) is 0 Å². The first-order valence-electron chi connectivity index (χ1n) is 6.64. The molecule has 3 atom stereocenters. The van der Waals surface area contributed by atoms with Crippen molar-refractivity contribution in [1.29, 1.82) is 0 Å². The standard InChI is InChI=1S/C13H16N2O4/c16-12(9-5-6-19-14-9)15-10-4-2-1-3-8(10)7-11(15)13(17)18/h5-6,8,10-11H,1-4,7H2,(H,17,18)/t8-,10-,11+/m1/s1. The lowest BCUT2D eigenvalue weighted by Crippen LogP contribution is -2.46. The molecule has 2 aliphatic rings. The maximum Gasteiger partial charge on any atom is 0.326 e. The predicted octanol–water partition coefficient (Wildman–Crippen LogP) is 1.53. The maximum absolute atomic E-state index is 12.4. The molecular formula is C13H16N2O4. The third-order valence-corrected chi connectivity index (χ3v) is 4.26. The summed E-state index contributed by atoms with van der Waals surface area (Å²) < 4.78 is 4.68. The molecule has 2 heterocycles. The highest BCUT2D eigenvalue weighted by molar-refractivity contribution is 5.95. The molecule has 2 fully saturated rings. The Bertz CT molecular complexity index is 485. The van der Waals surface area contributed by atoms with Gasteiger partial charge in [-0.05, 0) is 25.2 Å². The number of aliphatic carboxylic acids is 1. The van der Waals surface area contributed by atoms with E-state index in [9.17, 15) is 14.7 Å². The molecule has 102 valence electrons. The fraction of sp³-hybridized carbons (Fsp3) is 0.615. The minimum atomic E-state index is -0.925. The SMILES string of the molecule is O=C(O)[C@@H]1C[C@H]2CCCC[C@H]2N1C(=O)c1ccon1. The normalized spacial score (nSPS) is 30.1. The van der Waals surface area contributed by atoms with Crippen molar-refractivity contribution in [1.82, 2.24) is 10.1 Å². The van der Waals surface area contributed by atoms with Gasteiger partial charge in [0, 0.05) is 12.1 Å². The summed E-state index contributed by atoms with van der Waals surface area (Å²) in [5, 5.41) is 13.0. The van der Waals surface area contributed by atoms with Crippen LogP contribution in [-0.4, -0.2) is 39.1 Å². The quantitative estimate of drug-likeness (QED) is 0.875. The number of aromatic nitrogens is 1. The van der Waals surface area contributed by atoms with Crippen LogP contribution >= 0.6 is 0 Å². The van der Waals surface area contributed by atoms with Crippen molar-refractivity contribution in [3.8, 4) is 0 Å². The molecule has 6 nitrogen and oxygen atoms in total. The molecule has 0 bridgehead atoms. The van der Waals surface area contributed by atoms with Crippen LogP contribution in [0, 0.1) is 5.92 Å². The summed E-state index contributed by atoms with van der Waals surface area (Å²) >= 11 is 0. The number of nitrogens with zero attached hydrogens (tertiary/aromatic N) is 2. The first-order valence-corrected chi connectivity index (χ1v) is 6.64. The molecule has 3 rings (SSSR count). The van der Waals surface area contributed by atoms with Gasteiger partial charge in [0.25, 0.3) is 5.91 Å². The van der Waals surface area contributed by atoms with Crippen LogP contribution in [0.25, 0.3) is 0 Å². The number of rotatable bonds is 2. The molecule has 0 radical (unpaired) electrons. The summed E-state index contributed by atoms with van der Waals surface area (Å²) in [7, 11) is 0. The average Bonchev–Trinajstić information content (AvgIpc) is 3.05. The van der Waals surface area contributed by atoms with Crippen LogP contribution < -0.4 is 0 Å². The van der Waals surface area contributed by atoms with Gasteiger partial charge in [0.1, 0.15) is 12.3 Å². The summed E-state index contributed by atoms with van der Waals surface area (Å²) in [6, 6.07) is 0.800. The summed E-state index contributed by atoms with van der Waals surface area (Å²) in [6.45, 7) is 0. The lowest BCUT2D eigenvalue weighted by Gasteiger charge is -2.32. The fourth-order valence-electron chi connectivity index (χ4n) is 3.43. The highest BCUT2D eigenvalue weighted by atomic mass is 16.5. The maximum atomic E-state index is 12.4. The molecule has 1 N–H and O–H groups in total. The monoisotopic (exact) mass is 264 g/mol. The Kier molecular flexibility index (Phi) is 3.00. The zero-order valence-electron chi connectivity index (χ0n) is 10.5. The summed E-state index contributed by atoms with van der Waals surface area (Å²) in [5.41, 5.74) is 0.192. The number of hydrogen-bond acceptors (Lipinski definition) is 4. The Morgan fingerprint density at radius 3 is 2.84 bits per heavy atom. The topological polar surface area (TPSA) is 83.6 Å². The van der Waals surface area contributed by atoms with Crippen LogP contribution in [-0.2, 0) is 4.79 Å². The van der Waals surface area contributed by atoms with Crippen molar-refractivity contribution >= 4 is 11.9 Å². The molecule has 1 saturated carbocycles. The number of carbonyl (C=O) groups is 2. The summed E-state index contributed by atoms with van der Waals surface area (Å²) in [6.07, 6.45) is 5.96. The van der Waals surface area contributed by atoms with E-state index in [2.05, 4.69) is 9.68 Å². The van der Waals surface area contributed by atoms with Gasteiger partial charge in [-0.1, -0.05) is 18.0 Å². The second-order valence-corrected chi connectivity index (χ2v) is 5.30. The lowest BCUT2D eigenvalue weighted by atomic mass is 9.84. The van der Waals surface area contributed by atoms with Crippen LogP contribution in [0.5, 0.6) is 0 Å². The second-order valence-electron chi connectivity index (χ2n) is 5.30. The molecule has 1 saturated heterocycles. The second kappa shape index (κ2) is 4.68. The van der Waals surface area contributed by atoms with E-state index in [0.717, 1.165) is 25.7 Å². The minimum absolute atomic E-state index is 0.0408. The number of likely N-dealkylation sites (tertiary alicyclic amines) is 1. The zero-order chi connectivity index (χ0) is 13.4. The van der Waals surface area contributed by atoms with E-state index in [0.29, 0.717) is 12.3 Å². The van der Waals surface area contributed by atoms with E-state index < -0.39 is 12.0 Å². The number of hydrogen-bond donors (Lipinski definition) is 1. The minimum Gasteiger partial charge on any atom is -0.480 e. The molecule has 1 aliphatic heterocycles. The highest BCUT2D eigenvalue weighted by Gasteiger charge is 2.48. The smallest absolute Gasteiger partial charge is 0.326 e. The number of carbonyl (C=O) groups excluding carboxylic acids is 1. The molecule has 1 aromatic rings. The van der Waals surface area contributed by atoms with Gasteiger partial charge in [0.2, 0.25) is 0 Å². The molecule has 1 aromatic heterocycles. The van der Waals surface area contributed by atoms with Gasteiger partial charge in [-0.3, -0.25) is 4.79 Å². The van der Waals surface area contributed by atoms with Crippen LogP contribution in [0.4, 0.5) is 0 Å². The van der Waals surface area contributed by atoms with Gasteiger partial charge < -0.3 is 14.5 Å². The first-order chi connectivity index (χ1) is 9.18. The molecule has 0 unspecified atom stereocenters. The predicted molar refractivity (Wildman–Crippen MR) is 64.5 cm³/mol. The first kappa shape index (κ1) is 12.2. The number of amides is 1. The number of carboxylic acid groups (broad SMARTS) is 1. The van der Waals surface area contributed by atoms with E-state index in [4.69, 9.17) is 0 Å². The molecule has 1 aliphatic carbocycles. The number of carboxylic acids is 1.